The molecule has 0 aromatic heterocycles. The second-order valence-electron chi connectivity index (χ2n) is 3.29. The first kappa shape index (κ1) is 14.0. The molecule has 0 saturated carbocycles. The first-order valence-electron chi connectivity index (χ1n) is 5.33. The highest BCUT2D eigenvalue weighted by Gasteiger charge is 2.01. The zero-order valence-corrected chi connectivity index (χ0v) is 12.5. The van der Waals surface area contributed by atoms with Crippen LogP contribution in [-0.4, -0.2) is 19.8 Å². The highest BCUT2D eigenvalue weighted by atomic mass is 79.9. The van der Waals surface area contributed by atoms with Gasteiger partial charge in [-0.25, -0.2) is 0 Å². The molecule has 0 amide bonds. The maximum Gasteiger partial charge on any atom is 0.119 e. The number of ether oxygens (including phenoxy) is 2. The van der Waals surface area contributed by atoms with Crippen LogP contribution in [0.2, 0.25) is 0 Å². The lowest BCUT2D eigenvalue weighted by Crippen LogP contribution is -2.03. The van der Waals surface area contributed by atoms with Crippen LogP contribution in [0.3, 0.4) is 0 Å². The van der Waals surface area contributed by atoms with Gasteiger partial charge in [0.2, 0.25) is 0 Å². The van der Waals surface area contributed by atoms with Crippen molar-refractivity contribution < 1.29 is 9.47 Å². The third-order valence-electron chi connectivity index (χ3n) is 2.07. The van der Waals surface area contributed by atoms with E-state index in [0.29, 0.717) is 6.61 Å². The van der Waals surface area contributed by atoms with Crippen molar-refractivity contribution in [1.82, 2.24) is 0 Å². The Bertz CT molecular complexity index is 316. The molecule has 4 heteroatoms. The Hall–Kier alpha value is -0.0600. The lowest BCUT2D eigenvalue weighted by molar-refractivity contribution is 0.131. The van der Waals surface area contributed by atoms with Crippen LogP contribution < -0.4 is 4.74 Å². The Balaban J connectivity index is 2.36. The van der Waals surface area contributed by atoms with Crippen LogP contribution in [0.4, 0.5) is 0 Å². The molecule has 0 spiro atoms. The monoisotopic (exact) mass is 350 g/mol. The molecule has 0 heterocycles. The summed E-state index contributed by atoms with van der Waals surface area (Å²) in [5, 5.41) is 0.823. The molecule has 0 aliphatic rings. The SMILES string of the molecule is CCOCCCOc1ccc(Br)c(CBr)c1. The van der Waals surface area contributed by atoms with Gasteiger partial charge in [-0.15, -0.1) is 0 Å². The van der Waals surface area contributed by atoms with Gasteiger partial charge in [0.1, 0.15) is 5.75 Å². The summed E-state index contributed by atoms with van der Waals surface area (Å²) in [6.07, 6.45) is 0.924. The summed E-state index contributed by atoms with van der Waals surface area (Å²) in [5.41, 5.74) is 1.20. The van der Waals surface area contributed by atoms with E-state index in [4.69, 9.17) is 9.47 Å². The van der Waals surface area contributed by atoms with E-state index < -0.39 is 0 Å². The first-order chi connectivity index (χ1) is 7.77. The van der Waals surface area contributed by atoms with Crippen molar-refractivity contribution in [1.29, 1.82) is 0 Å². The van der Waals surface area contributed by atoms with E-state index in [-0.39, 0.29) is 0 Å². The fraction of sp³-hybridized carbons (Fsp3) is 0.500. The molecule has 0 unspecified atom stereocenters. The molecule has 1 rings (SSSR count). The topological polar surface area (TPSA) is 18.5 Å². The molecule has 90 valence electrons. The van der Waals surface area contributed by atoms with Gasteiger partial charge in [0, 0.05) is 29.4 Å². The average molecular weight is 352 g/mol. The van der Waals surface area contributed by atoms with Gasteiger partial charge in [0.15, 0.2) is 0 Å². The number of hydrogen-bond acceptors (Lipinski definition) is 2. The molecule has 0 atom stereocenters. The van der Waals surface area contributed by atoms with Crippen LogP contribution in [0.1, 0.15) is 18.9 Å². The fourth-order valence-electron chi connectivity index (χ4n) is 1.24. The minimum atomic E-state index is 0.698. The summed E-state index contributed by atoms with van der Waals surface area (Å²) in [6, 6.07) is 6.02. The number of hydrogen-bond donors (Lipinski definition) is 0. The summed E-state index contributed by atoms with van der Waals surface area (Å²) in [4.78, 5) is 0. The lowest BCUT2D eigenvalue weighted by atomic mass is 10.2. The molecule has 0 N–H and O–H groups in total. The molecule has 1 aromatic carbocycles. The van der Waals surface area contributed by atoms with Crippen molar-refractivity contribution in [3.05, 3.63) is 28.2 Å². The molecule has 2 nitrogen and oxygen atoms in total. The fourth-order valence-corrected chi connectivity index (χ4v) is 2.47. The van der Waals surface area contributed by atoms with Gasteiger partial charge in [-0.1, -0.05) is 31.9 Å². The zero-order valence-electron chi connectivity index (χ0n) is 9.34. The number of halogens is 2. The molecule has 0 fully saturated rings. The Labute approximate surface area is 114 Å². The molecular weight excluding hydrogens is 336 g/mol. The average Bonchev–Trinajstić information content (AvgIpc) is 2.31. The summed E-state index contributed by atoms with van der Waals surface area (Å²) in [6.45, 7) is 4.23. The van der Waals surface area contributed by atoms with Crippen LogP contribution in [0.25, 0.3) is 0 Å². The molecule has 0 aliphatic heterocycles. The van der Waals surface area contributed by atoms with Crippen LogP contribution in [0.5, 0.6) is 5.75 Å². The third kappa shape index (κ3) is 4.85. The van der Waals surface area contributed by atoms with Crippen molar-refractivity contribution in [2.45, 2.75) is 18.7 Å². The van der Waals surface area contributed by atoms with Crippen LogP contribution in [-0.2, 0) is 10.1 Å². The maximum atomic E-state index is 5.63. The Kier molecular flexibility index (Phi) is 7.08. The van der Waals surface area contributed by atoms with Crippen molar-refractivity contribution in [2.24, 2.45) is 0 Å². The molecule has 16 heavy (non-hydrogen) atoms. The second kappa shape index (κ2) is 8.09. The standard InChI is InChI=1S/C12H16Br2O2/c1-2-15-6-3-7-16-11-4-5-12(14)10(8-11)9-13/h4-5,8H,2-3,6-7,9H2,1H3. The molecular formula is C12H16Br2O2. The zero-order chi connectivity index (χ0) is 11.8. The van der Waals surface area contributed by atoms with Gasteiger partial charge >= 0.3 is 0 Å². The smallest absolute Gasteiger partial charge is 0.119 e. The highest BCUT2D eigenvalue weighted by Crippen LogP contribution is 2.24. The van der Waals surface area contributed by atoms with E-state index in [0.717, 1.165) is 35.2 Å². The predicted octanol–water partition coefficient (Wildman–Crippen LogP) is 4.15. The van der Waals surface area contributed by atoms with E-state index in [1.807, 2.05) is 25.1 Å². The first-order valence-corrected chi connectivity index (χ1v) is 7.24. The Morgan fingerprint density at radius 2 is 2.06 bits per heavy atom. The Morgan fingerprint density at radius 3 is 2.75 bits per heavy atom. The van der Waals surface area contributed by atoms with E-state index in [1.54, 1.807) is 0 Å². The van der Waals surface area contributed by atoms with Gasteiger partial charge in [0.05, 0.1) is 6.61 Å². The molecule has 0 radical (unpaired) electrons. The van der Waals surface area contributed by atoms with Crippen molar-refractivity contribution in [3.8, 4) is 5.75 Å². The van der Waals surface area contributed by atoms with Gasteiger partial charge in [-0.2, -0.15) is 0 Å². The summed E-state index contributed by atoms with van der Waals surface area (Å²) in [5.74, 6) is 0.911. The summed E-state index contributed by atoms with van der Waals surface area (Å²) in [7, 11) is 0. The van der Waals surface area contributed by atoms with Gasteiger partial charge in [-0.3, -0.25) is 0 Å². The molecule has 0 aliphatic carbocycles. The number of benzene rings is 1. The minimum Gasteiger partial charge on any atom is -0.493 e. The summed E-state index contributed by atoms with van der Waals surface area (Å²) < 4.78 is 12.0. The van der Waals surface area contributed by atoms with Gasteiger partial charge in [-0.05, 0) is 30.7 Å². The van der Waals surface area contributed by atoms with Crippen LogP contribution in [0.15, 0.2) is 22.7 Å². The van der Waals surface area contributed by atoms with Crippen molar-refractivity contribution in [3.63, 3.8) is 0 Å². The van der Waals surface area contributed by atoms with Gasteiger partial charge < -0.3 is 9.47 Å². The normalized spacial score (nSPS) is 10.4. The van der Waals surface area contributed by atoms with E-state index in [2.05, 4.69) is 31.9 Å². The van der Waals surface area contributed by atoms with Crippen LogP contribution in [0, 0.1) is 0 Å². The minimum absolute atomic E-state index is 0.698. The van der Waals surface area contributed by atoms with Crippen LogP contribution >= 0.6 is 31.9 Å². The molecule has 1 aromatic rings. The highest BCUT2D eigenvalue weighted by molar-refractivity contribution is 9.10. The van der Waals surface area contributed by atoms with E-state index in [1.165, 1.54) is 5.56 Å². The van der Waals surface area contributed by atoms with Gasteiger partial charge in [0.25, 0.3) is 0 Å². The number of alkyl halides is 1. The quantitative estimate of drug-likeness (QED) is 0.542. The number of rotatable bonds is 7. The maximum absolute atomic E-state index is 5.63. The van der Waals surface area contributed by atoms with Crippen molar-refractivity contribution in [2.75, 3.05) is 19.8 Å². The summed E-state index contributed by atoms with van der Waals surface area (Å²) >= 11 is 6.93. The largest absolute Gasteiger partial charge is 0.493 e. The Morgan fingerprint density at radius 1 is 1.25 bits per heavy atom. The van der Waals surface area contributed by atoms with E-state index >= 15 is 0 Å². The lowest BCUT2D eigenvalue weighted by Gasteiger charge is -2.08. The second-order valence-corrected chi connectivity index (χ2v) is 4.70. The molecule has 0 saturated heterocycles. The third-order valence-corrected chi connectivity index (χ3v) is 3.44. The van der Waals surface area contributed by atoms with E-state index in [9.17, 15) is 0 Å². The van der Waals surface area contributed by atoms with Crippen molar-refractivity contribution >= 4 is 31.9 Å². The molecule has 0 bridgehead atoms. The predicted molar refractivity (Wildman–Crippen MR) is 73.4 cm³/mol.